The fourth-order valence-corrected chi connectivity index (χ4v) is 12.2. The van der Waals surface area contributed by atoms with Crippen LogP contribution in [0.1, 0.15) is 303 Å². The number of unbranched alkanes of at least 4 members (excludes halogenated alkanes) is 33. The molecule has 97 heavy (non-hydrogen) atoms. The Morgan fingerprint density at radius 1 is 0.381 bits per heavy atom. The lowest BCUT2D eigenvalue weighted by molar-refractivity contribution is -0.359. The molecule has 0 radical (unpaired) electrons. The molecular weight excluding hydrogens is 1220 g/mol. The Morgan fingerprint density at radius 2 is 0.711 bits per heavy atom. The Labute approximate surface area is 590 Å². The summed E-state index contributed by atoms with van der Waals surface area (Å²) in [6.07, 6.45) is 79.7. The lowest BCUT2D eigenvalue weighted by Gasteiger charge is -2.46. The van der Waals surface area contributed by atoms with E-state index in [2.05, 4.69) is 129 Å². The first kappa shape index (κ1) is 89.5. The van der Waals surface area contributed by atoms with Crippen LogP contribution in [0.2, 0.25) is 0 Å². The van der Waals surface area contributed by atoms with E-state index in [0.29, 0.717) is 6.42 Å². The number of amides is 1. The summed E-state index contributed by atoms with van der Waals surface area (Å²) >= 11 is 0. The molecule has 0 spiro atoms. The molecular formula is C83H143NO13. The van der Waals surface area contributed by atoms with Crippen molar-refractivity contribution in [1.29, 1.82) is 0 Å². The molecule has 558 valence electrons. The smallest absolute Gasteiger partial charge is 0.220 e. The summed E-state index contributed by atoms with van der Waals surface area (Å²) in [6.45, 7) is 2.71. The molecule has 0 aromatic heterocycles. The maximum Gasteiger partial charge on any atom is 0.220 e. The zero-order valence-corrected chi connectivity index (χ0v) is 61.0. The van der Waals surface area contributed by atoms with Gasteiger partial charge < -0.3 is 65.1 Å². The highest BCUT2D eigenvalue weighted by Gasteiger charge is 2.51. The fourth-order valence-electron chi connectivity index (χ4n) is 12.2. The summed E-state index contributed by atoms with van der Waals surface area (Å²) in [4.78, 5) is 13.4. The summed E-state index contributed by atoms with van der Waals surface area (Å²) < 4.78 is 22.9. The van der Waals surface area contributed by atoms with Crippen molar-refractivity contribution >= 4 is 5.91 Å². The van der Waals surface area contributed by atoms with Gasteiger partial charge in [0, 0.05) is 6.42 Å². The van der Waals surface area contributed by atoms with E-state index in [1.54, 1.807) is 6.08 Å². The van der Waals surface area contributed by atoms with Crippen molar-refractivity contribution in [2.24, 2.45) is 0 Å². The molecule has 14 nitrogen and oxygen atoms in total. The summed E-state index contributed by atoms with van der Waals surface area (Å²) in [5, 5.41) is 87.6. The molecule has 0 aliphatic carbocycles. The van der Waals surface area contributed by atoms with Crippen LogP contribution in [-0.2, 0) is 23.7 Å². The minimum Gasteiger partial charge on any atom is -0.394 e. The maximum atomic E-state index is 13.4. The number of carbonyl (C=O) groups excluding carboxylic acids is 1. The van der Waals surface area contributed by atoms with E-state index >= 15 is 0 Å². The van der Waals surface area contributed by atoms with Gasteiger partial charge in [0.05, 0.1) is 32.0 Å². The Bertz CT molecular complexity index is 2100. The summed E-state index contributed by atoms with van der Waals surface area (Å²) in [7, 11) is 0. The first-order chi connectivity index (χ1) is 47.6. The predicted octanol–water partition coefficient (Wildman–Crippen LogP) is 17.6. The molecule has 12 atom stereocenters. The number of ether oxygens (including phenoxy) is 4. The van der Waals surface area contributed by atoms with Crippen LogP contribution >= 0.6 is 0 Å². The molecule has 2 heterocycles. The first-order valence-corrected chi connectivity index (χ1v) is 39.3. The lowest BCUT2D eigenvalue weighted by Crippen LogP contribution is -2.65. The van der Waals surface area contributed by atoms with Gasteiger partial charge in [-0.3, -0.25) is 4.79 Å². The number of hydrogen-bond acceptors (Lipinski definition) is 13. The van der Waals surface area contributed by atoms with Crippen molar-refractivity contribution in [3.8, 4) is 0 Å². The Hall–Kier alpha value is -3.61. The third kappa shape index (κ3) is 48.8. The average Bonchev–Trinajstić information content (AvgIpc) is 0.794. The third-order valence-corrected chi connectivity index (χ3v) is 18.4. The van der Waals surface area contributed by atoms with Gasteiger partial charge in [0.15, 0.2) is 12.6 Å². The van der Waals surface area contributed by atoms with Gasteiger partial charge in [0.1, 0.15) is 48.8 Å². The van der Waals surface area contributed by atoms with Crippen LogP contribution in [0.5, 0.6) is 0 Å². The van der Waals surface area contributed by atoms with Crippen molar-refractivity contribution in [3.05, 3.63) is 122 Å². The van der Waals surface area contributed by atoms with Gasteiger partial charge in [-0.1, -0.05) is 328 Å². The minimum absolute atomic E-state index is 0.244. The van der Waals surface area contributed by atoms with Crippen LogP contribution in [0.15, 0.2) is 122 Å². The highest BCUT2D eigenvalue weighted by Crippen LogP contribution is 2.30. The molecule has 0 bridgehead atoms. The molecule has 12 unspecified atom stereocenters. The van der Waals surface area contributed by atoms with E-state index in [1.165, 1.54) is 173 Å². The summed E-state index contributed by atoms with van der Waals surface area (Å²) in [5.41, 5.74) is 0. The van der Waals surface area contributed by atoms with Crippen LogP contribution in [0, 0.1) is 0 Å². The highest BCUT2D eigenvalue weighted by atomic mass is 16.7. The van der Waals surface area contributed by atoms with E-state index < -0.39 is 86.8 Å². The van der Waals surface area contributed by atoms with Gasteiger partial charge in [-0.15, -0.1) is 0 Å². The predicted molar refractivity (Wildman–Crippen MR) is 401 cm³/mol. The van der Waals surface area contributed by atoms with Gasteiger partial charge >= 0.3 is 0 Å². The zero-order valence-electron chi connectivity index (χ0n) is 61.0. The quantitative estimate of drug-likeness (QED) is 0.0204. The van der Waals surface area contributed by atoms with Crippen LogP contribution < -0.4 is 5.32 Å². The zero-order chi connectivity index (χ0) is 70.1. The molecule has 2 aliphatic heterocycles. The summed E-state index contributed by atoms with van der Waals surface area (Å²) in [6, 6.07) is -0.925. The van der Waals surface area contributed by atoms with Crippen molar-refractivity contribution in [2.45, 2.75) is 376 Å². The van der Waals surface area contributed by atoms with Crippen molar-refractivity contribution in [2.75, 3.05) is 19.8 Å². The Balaban J connectivity index is 1.63. The normalized spacial score (nSPS) is 22.8. The average molecular weight is 1360 g/mol. The van der Waals surface area contributed by atoms with Gasteiger partial charge in [0.25, 0.3) is 0 Å². The summed E-state index contributed by atoms with van der Waals surface area (Å²) in [5.74, 6) is -0.244. The van der Waals surface area contributed by atoms with Gasteiger partial charge in [0.2, 0.25) is 5.91 Å². The van der Waals surface area contributed by atoms with E-state index in [1.807, 2.05) is 6.08 Å². The number of rotatable bonds is 64. The molecule has 2 fully saturated rings. The van der Waals surface area contributed by atoms with Crippen molar-refractivity contribution < 1.29 is 64.6 Å². The number of aliphatic hydroxyl groups excluding tert-OH is 8. The number of nitrogens with one attached hydrogen (secondary N) is 1. The molecule has 0 saturated carbocycles. The molecule has 2 saturated heterocycles. The molecule has 2 aliphatic rings. The highest BCUT2D eigenvalue weighted by molar-refractivity contribution is 5.76. The molecule has 0 aromatic carbocycles. The SMILES string of the molecule is CC/C=C\C/C=C\C/C=C\C/C=C\C/C=C\C/C=C\C/C=C\C/C=C\C/C=C\CCCCCCCCCCCCCC(=O)NC(COC1OC(CO)C(OC2OC(CO)C(O)C(O)C2O)C(O)C1O)C(O)/C=C/CCCCCCCCCCCCCCCCCCCCCCCC. The molecule has 1 amide bonds. The van der Waals surface area contributed by atoms with Crippen LogP contribution in [0.4, 0.5) is 0 Å². The maximum absolute atomic E-state index is 13.4. The van der Waals surface area contributed by atoms with Crippen LogP contribution in [0.3, 0.4) is 0 Å². The molecule has 14 heteroatoms. The van der Waals surface area contributed by atoms with E-state index in [0.717, 1.165) is 103 Å². The van der Waals surface area contributed by atoms with Crippen molar-refractivity contribution in [3.63, 3.8) is 0 Å². The fraction of sp³-hybridized carbons (Fsp3) is 0.747. The second-order valence-corrected chi connectivity index (χ2v) is 27.1. The lowest BCUT2D eigenvalue weighted by atomic mass is 9.97. The van der Waals surface area contributed by atoms with E-state index in [9.17, 15) is 45.6 Å². The van der Waals surface area contributed by atoms with Gasteiger partial charge in [-0.2, -0.15) is 0 Å². The topological polar surface area (TPSA) is 228 Å². The van der Waals surface area contributed by atoms with Gasteiger partial charge in [-0.05, 0) is 89.9 Å². The second-order valence-electron chi connectivity index (χ2n) is 27.1. The number of hydrogen-bond donors (Lipinski definition) is 9. The molecule has 0 aromatic rings. The van der Waals surface area contributed by atoms with Gasteiger partial charge in [-0.25, -0.2) is 0 Å². The largest absolute Gasteiger partial charge is 0.394 e. The van der Waals surface area contributed by atoms with Crippen molar-refractivity contribution in [1.82, 2.24) is 5.32 Å². The first-order valence-electron chi connectivity index (χ1n) is 39.3. The standard InChI is InChI=1S/C83H143NO13/c1-3-5-7-9-11-13-15-17-19-21-23-25-27-29-30-31-32-33-34-35-36-37-38-39-40-41-42-43-45-47-49-51-53-55-57-59-61-63-65-67-75(88)84-71(70-94-82-80(93)78(91)81(74(69-86)96-82)97-83-79(92)77(90)76(89)73(68-85)95-83)72(87)66-64-62-60-58-56-54-52-50-48-46-44-28-26-24-22-20-18-16-14-12-10-8-6-4-2/h5,7,11,13,17,19,23,25,29-30,32-33,35-36,38-39,41-42,64,66,71-74,76-83,85-87,89-93H,3-4,6,8-10,12,14-16,18,20-22,24,26-28,31,34,37,40,43-63,65,67-70H2,1-2H3,(H,84,88)/b7-5-,13-11-,19-17-,25-23-,30-29-,33-32-,36-35-,39-38-,42-41-,66-64+. The third-order valence-electron chi connectivity index (χ3n) is 18.4. The Kier molecular flexibility index (Phi) is 60.6. The number of carbonyl (C=O) groups is 1. The molecule has 9 N–H and O–H groups in total. The minimum atomic E-state index is -1.79. The molecule has 2 rings (SSSR count). The number of allylic oxidation sites excluding steroid dienone is 19. The number of aliphatic hydroxyl groups is 8. The van der Waals surface area contributed by atoms with E-state index in [4.69, 9.17) is 18.9 Å². The Morgan fingerprint density at radius 3 is 1.09 bits per heavy atom. The monoisotopic (exact) mass is 1360 g/mol. The van der Waals surface area contributed by atoms with Crippen LogP contribution in [-0.4, -0.2) is 140 Å². The second kappa shape index (κ2) is 65.7. The van der Waals surface area contributed by atoms with E-state index in [-0.39, 0.29) is 18.9 Å². The van der Waals surface area contributed by atoms with Crippen LogP contribution in [0.25, 0.3) is 0 Å².